The Labute approximate surface area is 78.1 Å². The first-order valence-corrected chi connectivity index (χ1v) is 3.61. The van der Waals surface area contributed by atoms with Crippen LogP contribution in [0.25, 0.3) is 0 Å². The fraction of sp³-hybridized carbons (Fsp3) is 0.250. The zero-order valence-electron chi connectivity index (χ0n) is 7.20. The average molecular weight is 203 g/mol. The first-order valence-electron chi connectivity index (χ1n) is 3.61. The monoisotopic (exact) mass is 203 g/mol. The van der Waals surface area contributed by atoms with E-state index in [-0.39, 0.29) is 12.0 Å². The zero-order valence-corrected chi connectivity index (χ0v) is 7.20. The Morgan fingerprint density at radius 2 is 2.29 bits per heavy atom. The van der Waals surface area contributed by atoms with Crippen LogP contribution in [-0.4, -0.2) is 23.5 Å². The Morgan fingerprint density at radius 3 is 2.71 bits per heavy atom. The maximum Gasteiger partial charge on any atom is 0.271 e. The van der Waals surface area contributed by atoms with Crippen LogP contribution in [0.4, 0.5) is 8.78 Å². The third-order valence-corrected chi connectivity index (χ3v) is 1.63. The smallest absolute Gasteiger partial charge is 0.271 e. The van der Waals surface area contributed by atoms with Crippen LogP contribution < -0.4 is 4.74 Å². The van der Waals surface area contributed by atoms with E-state index < -0.39 is 23.4 Å². The molecule has 0 aromatic carbocycles. The largest absolute Gasteiger partial charge is 0.505 e. The number of carbonyl (C=O) groups excluding carboxylic acids is 1. The molecule has 0 aliphatic rings. The molecule has 14 heavy (non-hydrogen) atoms. The number of ether oxygens (including phenoxy) is 1. The number of carbonyl (C=O) groups is 1. The highest BCUT2D eigenvalue weighted by Gasteiger charge is 2.22. The summed E-state index contributed by atoms with van der Waals surface area (Å²) in [6.07, 6.45) is -1.77. The molecule has 0 fully saturated rings. The SMILES string of the molecule is COc1cnc(C=O)c(O)c1C(F)F. The summed E-state index contributed by atoms with van der Waals surface area (Å²) in [5.41, 5.74) is -1.15. The normalized spacial score (nSPS) is 10.3. The first-order chi connectivity index (χ1) is 6.61. The van der Waals surface area contributed by atoms with Gasteiger partial charge < -0.3 is 9.84 Å². The number of aromatic hydroxyl groups is 1. The van der Waals surface area contributed by atoms with Gasteiger partial charge in [-0.1, -0.05) is 0 Å². The lowest BCUT2D eigenvalue weighted by Gasteiger charge is -2.09. The van der Waals surface area contributed by atoms with Gasteiger partial charge in [0, 0.05) is 0 Å². The quantitative estimate of drug-likeness (QED) is 0.757. The molecule has 6 heteroatoms. The number of nitrogens with zero attached hydrogens (tertiary/aromatic N) is 1. The van der Waals surface area contributed by atoms with Gasteiger partial charge in [-0.05, 0) is 0 Å². The van der Waals surface area contributed by atoms with Gasteiger partial charge in [-0.2, -0.15) is 0 Å². The van der Waals surface area contributed by atoms with E-state index in [4.69, 9.17) is 0 Å². The van der Waals surface area contributed by atoms with Crippen molar-refractivity contribution in [3.63, 3.8) is 0 Å². The van der Waals surface area contributed by atoms with E-state index in [1.807, 2.05) is 0 Å². The Balaban J connectivity index is 3.38. The van der Waals surface area contributed by atoms with Crippen molar-refractivity contribution < 1.29 is 23.4 Å². The summed E-state index contributed by atoms with van der Waals surface area (Å²) in [4.78, 5) is 13.7. The van der Waals surface area contributed by atoms with Gasteiger partial charge in [0.2, 0.25) is 0 Å². The highest BCUT2D eigenvalue weighted by Crippen LogP contribution is 2.36. The van der Waals surface area contributed by atoms with E-state index in [0.29, 0.717) is 0 Å². The highest BCUT2D eigenvalue weighted by molar-refractivity contribution is 5.77. The van der Waals surface area contributed by atoms with Crippen molar-refractivity contribution in [3.05, 3.63) is 17.5 Å². The van der Waals surface area contributed by atoms with Gasteiger partial charge in [0.15, 0.2) is 12.0 Å². The number of alkyl halides is 2. The summed E-state index contributed by atoms with van der Waals surface area (Å²) in [6.45, 7) is 0. The minimum Gasteiger partial charge on any atom is -0.505 e. The molecule has 0 saturated carbocycles. The molecule has 1 aromatic rings. The molecule has 0 atom stereocenters. The number of hydrogen-bond donors (Lipinski definition) is 1. The second-order valence-electron chi connectivity index (χ2n) is 2.39. The van der Waals surface area contributed by atoms with E-state index in [2.05, 4.69) is 9.72 Å². The summed E-state index contributed by atoms with van der Waals surface area (Å²) < 4.78 is 29.4. The summed E-state index contributed by atoms with van der Waals surface area (Å²) in [5, 5.41) is 9.22. The van der Waals surface area contributed by atoms with Crippen molar-refractivity contribution in [1.82, 2.24) is 4.98 Å². The number of hydrogen-bond acceptors (Lipinski definition) is 4. The van der Waals surface area contributed by atoms with Gasteiger partial charge in [0.1, 0.15) is 17.0 Å². The van der Waals surface area contributed by atoms with Crippen molar-refractivity contribution >= 4 is 6.29 Å². The molecule has 0 spiro atoms. The molecular formula is C8H7F2NO3. The van der Waals surface area contributed by atoms with Crippen LogP contribution in [0.3, 0.4) is 0 Å². The first kappa shape index (κ1) is 10.4. The molecule has 0 radical (unpaired) electrons. The van der Waals surface area contributed by atoms with Gasteiger partial charge >= 0.3 is 0 Å². The number of rotatable bonds is 3. The van der Waals surface area contributed by atoms with Crippen LogP contribution in [0.5, 0.6) is 11.5 Å². The van der Waals surface area contributed by atoms with Gasteiger partial charge in [0.25, 0.3) is 6.43 Å². The molecule has 4 nitrogen and oxygen atoms in total. The summed E-state index contributed by atoms with van der Waals surface area (Å²) in [6, 6.07) is 0. The van der Waals surface area contributed by atoms with Crippen molar-refractivity contribution in [2.24, 2.45) is 0 Å². The standard InChI is InChI=1S/C8H7F2NO3/c1-14-5-2-11-4(3-12)7(13)6(5)8(9)10/h2-3,8,13H,1H3. The fourth-order valence-corrected chi connectivity index (χ4v) is 0.973. The van der Waals surface area contributed by atoms with E-state index in [1.54, 1.807) is 0 Å². The molecule has 0 bridgehead atoms. The zero-order chi connectivity index (χ0) is 10.7. The molecule has 1 aromatic heterocycles. The third-order valence-electron chi connectivity index (χ3n) is 1.63. The van der Waals surface area contributed by atoms with Crippen LogP contribution in [0.1, 0.15) is 22.5 Å². The van der Waals surface area contributed by atoms with E-state index in [1.165, 1.54) is 7.11 Å². The molecule has 1 rings (SSSR count). The lowest BCUT2D eigenvalue weighted by atomic mass is 10.2. The minimum atomic E-state index is -2.92. The number of aldehydes is 1. The number of halogens is 2. The lowest BCUT2D eigenvalue weighted by Crippen LogP contribution is -1.98. The highest BCUT2D eigenvalue weighted by atomic mass is 19.3. The van der Waals surface area contributed by atoms with Gasteiger partial charge in [-0.15, -0.1) is 0 Å². The second kappa shape index (κ2) is 3.99. The van der Waals surface area contributed by atoms with Gasteiger partial charge in [-0.25, -0.2) is 13.8 Å². The summed E-state index contributed by atoms with van der Waals surface area (Å²) >= 11 is 0. The second-order valence-corrected chi connectivity index (χ2v) is 2.39. The van der Waals surface area contributed by atoms with Crippen LogP contribution in [0.2, 0.25) is 0 Å². The molecule has 0 aliphatic heterocycles. The Hall–Kier alpha value is -1.72. The predicted octanol–water partition coefficient (Wildman–Crippen LogP) is 1.55. The molecule has 1 N–H and O–H groups in total. The molecule has 0 saturated heterocycles. The van der Waals surface area contributed by atoms with Crippen molar-refractivity contribution in [3.8, 4) is 11.5 Å². The number of pyridine rings is 1. The van der Waals surface area contributed by atoms with Gasteiger partial charge in [0.05, 0.1) is 13.3 Å². The molecule has 1 heterocycles. The maximum atomic E-state index is 12.4. The van der Waals surface area contributed by atoms with Crippen molar-refractivity contribution in [1.29, 1.82) is 0 Å². The Kier molecular flexibility index (Phi) is 2.95. The summed E-state index contributed by atoms with van der Waals surface area (Å²) in [7, 11) is 1.17. The van der Waals surface area contributed by atoms with Crippen LogP contribution in [0.15, 0.2) is 6.20 Å². The van der Waals surface area contributed by atoms with Crippen molar-refractivity contribution in [2.45, 2.75) is 6.43 Å². The third kappa shape index (κ3) is 1.63. The van der Waals surface area contributed by atoms with Crippen LogP contribution >= 0.6 is 0 Å². The fourth-order valence-electron chi connectivity index (χ4n) is 0.973. The molecule has 76 valence electrons. The minimum absolute atomic E-state index is 0.195. The molecule has 0 aliphatic carbocycles. The average Bonchev–Trinajstić information content (AvgIpc) is 2.16. The van der Waals surface area contributed by atoms with E-state index in [9.17, 15) is 18.7 Å². The molecular weight excluding hydrogens is 196 g/mol. The number of aromatic nitrogens is 1. The van der Waals surface area contributed by atoms with Gasteiger partial charge in [-0.3, -0.25) is 4.79 Å². The molecule has 0 unspecified atom stereocenters. The topological polar surface area (TPSA) is 59.4 Å². The van der Waals surface area contributed by atoms with Crippen LogP contribution in [-0.2, 0) is 0 Å². The predicted molar refractivity (Wildman–Crippen MR) is 42.8 cm³/mol. The summed E-state index contributed by atoms with van der Waals surface area (Å²) in [5.74, 6) is -1.09. The van der Waals surface area contributed by atoms with E-state index in [0.717, 1.165) is 6.20 Å². The van der Waals surface area contributed by atoms with E-state index >= 15 is 0 Å². The van der Waals surface area contributed by atoms with Crippen LogP contribution in [0, 0.1) is 0 Å². The lowest BCUT2D eigenvalue weighted by molar-refractivity contribution is 0.111. The number of methoxy groups -OCH3 is 1. The maximum absolute atomic E-state index is 12.4. The Morgan fingerprint density at radius 1 is 1.64 bits per heavy atom. The Bertz CT molecular complexity index is 355. The molecule has 0 amide bonds. The van der Waals surface area contributed by atoms with Crippen molar-refractivity contribution in [2.75, 3.05) is 7.11 Å².